The molecule has 1 atom stereocenters. The number of aliphatic hydroxyl groups excluding tert-OH is 1. The SMILES string of the molecule is O=[N+]([O-])c1cnn(CC(O)CNc2ccc(I)cc2)c1. The highest BCUT2D eigenvalue weighted by atomic mass is 127. The van der Waals surface area contributed by atoms with E-state index in [4.69, 9.17) is 0 Å². The van der Waals surface area contributed by atoms with Crippen LogP contribution in [0.25, 0.3) is 0 Å². The van der Waals surface area contributed by atoms with Crippen LogP contribution in [0, 0.1) is 13.7 Å². The summed E-state index contributed by atoms with van der Waals surface area (Å²) in [4.78, 5) is 10.0. The number of halogens is 1. The number of hydrogen-bond acceptors (Lipinski definition) is 5. The Morgan fingerprint density at radius 3 is 2.75 bits per heavy atom. The largest absolute Gasteiger partial charge is 0.389 e. The lowest BCUT2D eigenvalue weighted by atomic mass is 10.3. The lowest BCUT2D eigenvalue weighted by Gasteiger charge is -2.12. The Kier molecular flexibility index (Phi) is 4.90. The van der Waals surface area contributed by atoms with Crippen LogP contribution >= 0.6 is 22.6 Å². The minimum absolute atomic E-state index is 0.0807. The van der Waals surface area contributed by atoms with E-state index in [0.717, 1.165) is 9.26 Å². The minimum atomic E-state index is -0.686. The summed E-state index contributed by atoms with van der Waals surface area (Å²) in [6.07, 6.45) is 1.78. The van der Waals surface area contributed by atoms with Gasteiger partial charge in [-0.1, -0.05) is 0 Å². The van der Waals surface area contributed by atoms with Gasteiger partial charge >= 0.3 is 5.69 Å². The van der Waals surface area contributed by atoms with Crippen LogP contribution in [-0.4, -0.2) is 32.5 Å². The Morgan fingerprint density at radius 1 is 1.45 bits per heavy atom. The van der Waals surface area contributed by atoms with Crippen molar-refractivity contribution in [1.82, 2.24) is 9.78 Å². The third-order valence-corrected chi connectivity index (χ3v) is 3.33. The van der Waals surface area contributed by atoms with Crippen molar-refractivity contribution in [3.8, 4) is 0 Å². The van der Waals surface area contributed by atoms with Crippen molar-refractivity contribution in [2.24, 2.45) is 0 Å². The molecule has 8 heteroatoms. The van der Waals surface area contributed by atoms with Crippen molar-refractivity contribution in [3.05, 3.63) is 50.3 Å². The fourth-order valence-electron chi connectivity index (χ4n) is 1.63. The topological polar surface area (TPSA) is 93.2 Å². The second kappa shape index (κ2) is 6.66. The first-order valence-corrected chi connectivity index (χ1v) is 6.97. The number of aromatic nitrogens is 2. The van der Waals surface area contributed by atoms with Crippen LogP contribution in [0.1, 0.15) is 0 Å². The lowest BCUT2D eigenvalue weighted by Crippen LogP contribution is -2.25. The second-order valence-corrected chi connectivity index (χ2v) is 5.46. The first-order valence-electron chi connectivity index (χ1n) is 5.89. The Morgan fingerprint density at radius 2 is 2.15 bits per heavy atom. The van der Waals surface area contributed by atoms with Gasteiger partial charge in [0.05, 0.1) is 17.6 Å². The number of nitrogens with zero attached hydrogens (tertiary/aromatic N) is 3. The molecule has 106 valence electrons. The fraction of sp³-hybridized carbons (Fsp3) is 0.250. The number of nitrogens with one attached hydrogen (secondary N) is 1. The van der Waals surface area contributed by atoms with Crippen molar-refractivity contribution in [2.75, 3.05) is 11.9 Å². The molecule has 1 heterocycles. The summed E-state index contributed by atoms with van der Waals surface area (Å²) in [5.41, 5.74) is 0.832. The molecule has 0 aliphatic carbocycles. The van der Waals surface area contributed by atoms with Gasteiger partial charge in [0.15, 0.2) is 0 Å². The van der Waals surface area contributed by atoms with E-state index in [0.29, 0.717) is 6.54 Å². The van der Waals surface area contributed by atoms with Crippen molar-refractivity contribution in [2.45, 2.75) is 12.6 Å². The Bertz CT molecular complexity index is 585. The predicted octanol–water partition coefficient (Wildman–Crippen LogP) is 1.87. The smallest absolute Gasteiger partial charge is 0.306 e. The Balaban J connectivity index is 1.84. The molecule has 0 aliphatic rings. The average molecular weight is 388 g/mol. The van der Waals surface area contributed by atoms with Crippen LogP contribution < -0.4 is 5.32 Å². The van der Waals surface area contributed by atoms with E-state index in [-0.39, 0.29) is 12.2 Å². The summed E-state index contributed by atoms with van der Waals surface area (Å²) in [5, 5.41) is 27.3. The van der Waals surface area contributed by atoms with Gasteiger partial charge in [-0.2, -0.15) is 5.10 Å². The predicted molar refractivity (Wildman–Crippen MR) is 82.5 cm³/mol. The van der Waals surface area contributed by atoms with Gasteiger partial charge in [-0.05, 0) is 46.9 Å². The van der Waals surface area contributed by atoms with Crippen molar-refractivity contribution in [3.63, 3.8) is 0 Å². The zero-order valence-corrected chi connectivity index (χ0v) is 12.6. The van der Waals surface area contributed by atoms with Crippen molar-refractivity contribution < 1.29 is 10.0 Å². The zero-order chi connectivity index (χ0) is 14.5. The van der Waals surface area contributed by atoms with E-state index in [9.17, 15) is 15.2 Å². The molecule has 1 unspecified atom stereocenters. The summed E-state index contributed by atoms with van der Waals surface area (Å²) in [7, 11) is 0. The molecule has 0 amide bonds. The van der Waals surface area contributed by atoms with Gasteiger partial charge in [-0.25, -0.2) is 0 Å². The fourth-order valence-corrected chi connectivity index (χ4v) is 1.99. The van der Waals surface area contributed by atoms with Crippen LogP contribution in [0.3, 0.4) is 0 Å². The molecular formula is C12H13IN4O3. The van der Waals surface area contributed by atoms with E-state index >= 15 is 0 Å². The van der Waals surface area contributed by atoms with Crippen LogP contribution in [-0.2, 0) is 6.54 Å². The monoisotopic (exact) mass is 388 g/mol. The standard InChI is InChI=1S/C12H13IN4O3/c13-9-1-3-10(4-2-9)14-6-12(18)8-16-7-11(5-15-16)17(19)20/h1-5,7,12,14,18H,6,8H2. The Labute approximate surface area is 128 Å². The van der Waals surface area contributed by atoms with Gasteiger partial charge in [-0.15, -0.1) is 0 Å². The second-order valence-electron chi connectivity index (χ2n) is 4.22. The summed E-state index contributed by atoms with van der Waals surface area (Å²) in [6, 6.07) is 7.78. The van der Waals surface area contributed by atoms with E-state index in [1.165, 1.54) is 17.1 Å². The Hall–Kier alpha value is -1.68. The molecule has 0 aliphatic heterocycles. The minimum Gasteiger partial charge on any atom is -0.389 e. The number of hydrogen-bond donors (Lipinski definition) is 2. The number of rotatable bonds is 6. The maximum Gasteiger partial charge on any atom is 0.306 e. The molecule has 0 bridgehead atoms. The molecular weight excluding hydrogens is 375 g/mol. The molecule has 1 aromatic heterocycles. The van der Waals surface area contributed by atoms with Gasteiger partial charge in [-0.3, -0.25) is 14.8 Å². The molecule has 2 aromatic rings. The normalized spacial score (nSPS) is 12.1. The summed E-state index contributed by atoms with van der Waals surface area (Å²) in [6.45, 7) is 0.541. The van der Waals surface area contributed by atoms with E-state index in [2.05, 4.69) is 33.0 Å². The molecule has 0 saturated heterocycles. The molecule has 0 fully saturated rings. The van der Waals surface area contributed by atoms with Crippen LogP contribution in [0.5, 0.6) is 0 Å². The molecule has 0 radical (unpaired) electrons. The third-order valence-electron chi connectivity index (χ3n) is 2.61. The third kappa shape index (κ3) is 4.17. The summed E-state index contributed by atoms with van der Waals surface area (Å²) < 4.78 is 2.50. The molecule has 0 saturated carbocycles. The average Bonchev–Trinajstić information content (AvgIpc) is 2.87. The first kappa shape index (κ1) is 14.7. The number of anilines is 1. The van der Waals surface area contributed by atoms with E-state index < -0.39 is 11.0 Å². The molecule has 2 rings (SSSR count). The molecule has 7 nitrogen and oxygen atoms in total. The molecule has 0 spiro atoms. The zero-order valence-electron chi connectivity index (χ0n) is 10.4. The van der Waals surface area contributed by atoms with E-state index in [1.54, 1.807) is 0 Å². The van der Waals surface area contributed by atoms with Gasteiger partial charge in [0.1, 0.15) is 12.4 Å². The van der Waals surface area contributed by atoms with Gasteiger partial charge < -0.3 is 10.4 Å². The molecule has 20 heavy (non-hydrogen) atoms. The van der Waals surface area contributed by atoms with Gasteiger partial charge in [0.2, 0.25) is 0 Å². The quantitative estimate of drug-likeness (QED) is 0.448. The van der Waals surface area contributed by atoms with Crippen LogP contribution in [0.15, 0.2) is 36.7 Å². The highest BCUT2D eigenvalue weighted by Crippen LogP contribution is 2.11. The van der Waals surface area contributed by atoms with Gasteiger partial charge in [0, 0.05) is 15.8 Å². The molecule has 1 aromatic carbocycles. The summed E-state index contributed by atoms with van der Waals surface area (Å²) >= 11 is 2.22. The molecule has 2 N–H and O–H groups in total. The highest BCUT2D eigenvalue weighted by molar-refractivity contribution is 14.1. The highest BCUT2D eigenvalue weighted by Gasteiger charge is 2.11. The maximum atomic E-state index is 10.5. The summed E-state index contributed by atoms with van der Waals surface area (Å²) in [5.74, 6) is 0. The first-order chi connectivity index (χ1) is 9.54. The van der Waals surface area contributed by atoms with Crippen molar-refractivity contribution >= 4 is 34.0 Å². The van der Waals surface area contributed by atoms with Crippen molar-refractivity contribution in [1.29, 1.82) is 0 Å². The van der Waals surface area contributed by atoms with E-state index in [1.807, 2.05) is 24.3 Å². The van der Waals surface area contributed by atoms with Gasteiger partial charge in [0.25, 0.3) is 0 Å². The number of benzene rings is 1. The van der Waals surface area contributed by atoms with Crippen LogP contribution in [0.2, 0.25) is 0 Å². The number of nitro groups is 1. The lowest BCUT2D eigenvalue weighted by molar-refractivity contribution is -0.385. The number of aliphatic hydroxyl groups is 1. The van der Waals surface area contributed by atoms with Crippen LogP contribution in [0.4, 0.5) is 11.4 Å². The maximum absolute atomic E-state index is 10.5.